The van der Waals surface area contributed by atoms with E-state index >= 15 is 4.39 Å². The summed E-state index contributed by atoms with van der Waals surface area (Å²) in [4.78, 5) is 0. The van der Waals surface area contributed by atoms with Gasteiger partial charge >= 0.3 is 0 Å². The van der Waals surface area contributed by atoms with E-state index < -0.39 is 0 Å². The molecule has 3 aromatic carbocycles. The summed E-state index contributed by atoms with van der Waals surface area (Å²) in [6.45, 7) is 2.29. The van der Waals surface area contributed by atoms with Crippen LogP contribution in [-0.2, 0) is 0 Å². The average molecular weight is 357 g/mol. The van der Waals surface area contributed by atoms with Crippen molar-refractivity contribution in [1.82, 2.24) is 0 Å². The van der Waals surface area contributed by atoms with Crippen LogP contribution in [0, 0.1) is 23.1 Å². The van der Waals surface area contributed by atoms with E-state index in [1.165, 1.54) is 37.7 Å². The Balaban J connectivity index is 1.65. The fourth-order valence-corrected chi connectivity index (χ4v) is 4.42. The second-order valence-electron chi connectivity index (χ2n) is 7.72. The largest absolute Gasteiger partial charge is 0.206 e. The van der Waals surface area contributed by atoms with Gasteiger partial charge in [-0.3, -0.25) is 0 Å². The van der Waals surface area contributed by atoms with Gasteiger partial charge in [-0.15, -0.1) is 0 Å². The number of nitriles is 1. The second kappa shape index (κ2) is 7.53. The Morgan fingerprint density at radius 1 is 0.963 bits per heavy atom. The Hall–Kier alpha value is -2.66. The van der Waals surface area contributed by atoms with Crippen molar-refractivity contribution in [2.24, 2.45) is 5.92 Å². The van der Waals surface area contributed by atoms with Crippen molar-refractivity contribution in [1.29, 1.82) is 5.26 Å². The number of hydrogen-bond acceptors (Lipinski definition) is 1. The first kappa shape index (κ1) is 17.7. The molecule has 0 spiro atoms. The van der Waals surface area contributed by atoms with Gasteiger partial charge in [-0.05, 0) is 66.2 Å². The number of rotatable bonds is 3. The van der Waals surface area contributed by atoms with Gasteiger partial charge in [0.05, 0.1) is 11.6 Å². The van der Waals surface area contributed by atoms with Crippen LogP contribution in [0.15, 0.2) is 54.6 Å². The van der Waals surface area contributed by atoms with Gasteiger partial charge in [0.15, 0.2) is 0 Å². The Labute approximate surface area is 160 Å². The molecule has 1 nitrogen and oxygen atoms in total. The van der Waals surface area contributed by atoms with Crippen LogP contribution >= 0.6 is 0 Å². The molecule has 1 aliphatic rings. The number of hydrogen-bond donors (Lipinski definition) is 0. The second-order valence-corrected chi connectivity index (χ2v) is 7.72. The molecule has 0 radical (unpaired) electrons. The van der Waals surface area contributed by atoms with E-state index in [1.54, 1.807) is 12.1 Å². The topological polar surface area (TPSA) is 23.8 Å². The number of benzene rings is 3. The van der Waals surface area contributed by atoms with E-state index in [1.807, 2.05) is 30.3 Å². The molecule has 0 saturated heterocycles. The predicted octanol–water partition coefficient (Wildman–Crippen LogP) is 7.20. The van der Waals surface area contributed by atoms with E-state index in [2.05, 4.69) is 25.1 Å². The Kier molecular flexibility index (Phi) is 4.94. The van der Waals surface area contributed by atoms with E-state index in [0.29, 0.717) is 22.4 Å². The first-order valence-corrected chi connectivity index (χ1v) is 9.92. The minimum Gasteiger partial charge on any atom is -0.206 e. The van der Waals surface area contributed by atoms with Crippen LogP contribution in [0.2, 0.25) is 0 Å². The zero-order chi connectivity index (χ0) is 18.8. The lowest BCUT2D eigenvalue weighted by Gasteiger charge is -2.28. The van der Waals surface area contributed by atoms with Crippen LogP contribution in [0.4, 0.5) is 4.39 Å². The highest BCUT2D eigenvalue weighted by Crippen LogP contribution is 2.38. The van der Waals surface area contributed by atoms with Crippen molar-refractivity contribution in [2.45, 2.75) is 44.9 Å². The highest BCUT2D eigenvalue weighted by atomic mass is 19.1. The standard InChI is InChI=1S/C25H24FN/c1-2-17-3-7-19(8-4-17)21-11-13-24-22(15-21)12-14-23(25(24)26)20-9-5-18(16-27)6-10-20/h5-6,9-15,17,19H,2-4,7-8H2,1H3. The van der Waals surface area contributed by atoms with Crippen LogP contribution < -0.4 is 0 Å². The monoisotopic (exact) mass is 357 g/mol. The third kappa shape index (κ3) is 3.47. The van der Waals surface area contributed by atoms with Gasteiger partial charge in [-0.1, -0.05) is 55.8 Å². The van der Waals surface area contributed by atoms with E-state index in [0.717, 1.165) is 16.9 Å². The zero-order valence-corrected chi connectivity index (χ0v) is 15.7. The van der Waals surface area contributed by atoms with Gasteiger partial charge < -0.3 is 0 Å². The van der Waals surface area contributed by atoms with Gasteiger partial charge in [-0.25, -0.2) is 4.39 Å². The summed E-state index contributed by atoms with van der Waals surface area (Å²) in [6, 6.07) is 19.3. The Morgan fingerprint density at radius 3 is 2.37 bits per heavy atom. The van der Waals surface area contributed by atoms with Gasteiger partial charge in [-0.2, -0.15) is 5.26 Å². The normalized spacial score (nSPS) is 19.7. The van der Waals surface area contributed by atoms with Crippen LogP contribution in [-0.4, -0.2) is 0 Å². The average Bonchev–Trinajstić information content (AvgIpc) is 2.74. The van der Waals surface area contributed by atoms with Crippen LogP contribution in [0.5, 0.6) is 0 Å². The molecule has 0 N–H and O–H groups in total. The molecule has 2 heteroatoms. The fraction of sp³-hybridized carbons (Fsp3) is 0.320. The highest BCUT2D eigenvalue weighted by molar-refractivity contribution is 5.89. The molecule has 1 aliphatic carbocycles. The molecule has 0 unspecified atom stereocenters. The van der Waals surface area contributed by atoms with Crippen molar-refractivity contribution >= 4 is 10.8 Å². The van der Waals surface area contributed by atoms with Crippen molar-refractivity contribution in [3.05, 3.63) is 71.5 Å². The summed E-state index contributed by atoms with van der Waals surface area (Å²) < 4.78 is 15.1. The maximum absolute atomic E-state index is 15.1. The Bertz CT molecular complexity index is 989. The molecule has 0 aromatic heterocycles. The quantitative estimate of drug-likeness (QED) is 0.486. The molecule has 0 amide bonds. The molecule has 0 aliphatic heterocycles. The Morgan fingerprint density at radius 2 is 1.70 bits per heavy atom. The van der Waals surface area contributed by atoms with Gasteiger partial charge in [0.25, 0.3) is 0 Å². The van der Waals surface area contributed by atoms with Crippen molar-refractivity contribution < 1.29 is 4.39 Å². The first-order valence-electron chi connectivity index (χ1n) is 9.92. The number of halogens is 1. The lowest BCUT2D eigenvalue weighted by Crippen LogP contribution is -2.12. The summed E-state index contributed by atoms with van der Waals surface area (Å²) in [5.41, 5.74) is 3.32. The van der Waals surface area contributed by atoms with Crippen LogP contribution in [0.25, 0.3) is 21.9 Å². The zero-order valence-electron chi connectivity index (χ0n) is 15.7. The van der Waals surface area contributed by atoms with Crippen LogP contribution in [0.3, 0.4) is 0 Å². The lowest BCUT2D eigenvalue weighted by atomic mass is 9.77. The first-order chi connectivity index (χ1) is 13.2. The van der Waals surface area contributed by atoms with Gasteiger partial charge in [0.2, 0.25) is 0 Å². The van der Waals surface area contributed by atoms with Gasteiger partial charge in [0, 0.05) is 10.9 Å². The summed E-state index contributed by atoms with van der Waals surface area (Å²) in [5, 5.41) is 10.6. The van der Waals surface area contributed by atoms with E-state index in [4.69, 9.17) is 5.26 Å². The number of nitrogens with zero attached hydrogens (tertiary/aromatic N) is 1. The molecular weight excluding hydrogens is 333 g/mol. The maximum Gasteiger partial charge on any atom is 0.138 e. The molecule has 1 fully saturated rings. The maximum atomic E-state index is 15.1. The molecule has 136 valence electrons. The molecular formula is C25H24FN. The third-order valence-corrected chi connectivity index (χ3v) is 6.20. The van der Waals surface area contributed by atoms with E-state index in [-0.39, 0.29) is 5.82 Å². The molecule has 4 rings (SSSR count). The molecule has 3 aromatic rings. The van der Waals surface area contributed by atoms with Gasteiger partial charge in [0.1, 0.15) is 5.82 Å². The van der Waals surface area contributed by atoms with Crippen molar-refractivity contribution in [2.75, 3.05) is 0 Å². The molecule has 0 heterocycles. The summed E-state index contributed by atoms with van der Waals surface area (Å²) in [6.07, 6.45) is 6.40. The third-order valence-electron chi connectivity index (χ3n) is 6.20. The van der Waals surface area contributed by atoms with Crippen molar-refractivity contribution in [3.8, 4) is 17.2 Å². The SMILES string of the molecule is CCC1CCC(c2ccc3c(F)c(-c4ccc(C#N)cc4)ccc3c2)CC1. The minimum atomic E-state index is -0.182. The van der Waals surface area contributed by atoms with Crippen molar-refractivity contribution in [3.63, 3.8) is 0 Å². The smallest absolute Gasteiger partial charge is 0.138 e. The molecule has 27 heavy (non-hydrogen) atoms. The predicted molar refractivity (Wildman–Crippen MR) is 109 cm³/mol. The molecule has 0 bridgehead atoms. The summed E-state index contributed by atoms with van der Waals surface area (Å²) in [5.74, 6) is 1.31. The fourth-order valence-electron chi connectivity index (χ4n) is 4.42. The minimum absolute atomic E-state index is 0.182. The lowest BCUT2D eigenvalue weighted by molar-refractivity contribution is 0.319. The van der Waals surface area contributed by atoms with Crippen LogP contribution in [0.1, 0.15) is 56.1 Å². The number of fused-ring (bicyclic) bond motifs is 1. The summed E-state index contributed by atoms with van der Waals surface area (Å²) >= 11 is 0. The highest BCUT2D eigenvalue weighted by Gasteiger charge is 2.21. The van der Waals surface area contributed by atoms with E-state index in [9.17, 15) is 0 Å². The molecule has 1 saturated carbocycles. The summed E-state index contributed by atoms with van der Waals surface area (Å²) in [7, 11) is 0. The molecule has 0 atom stereocenters.